The average molecular weight is 214 g/mol. The van der Waals surface area contributed by atoms with Crippen molar-refractivity contribution in [2.45, 2.75) is 51.8 Å². The summed E-state index contributed by atoms with van der Waals surface area (Å²) in [5.74, 6) is 0.196. The van der Waals surface area contributed by atoms with Crippen molar-refractivity contribution in [2.75, 3.05) is 6.54 Å². The molecule has 0 radical (unpaired) electrons. The molecule has 4 atom stereocenters. The first kappa shape index (κ1) is 12.5. The number of carbonyl (C=O) groups excluding carboxylic acids is 1. The van der Waals surface area contributed by atoms with Crippen LogP contribution in [0.4, 0.5) is 0 Å². The van der Waals surface area contributed by atoms with Crippen molar-refractivity contribution < 1.29 is 9.90 Å². The van der Waals surface area contributed by atoms with Gasteiger partial charge in [-0.05, 0) is 40.2 Å². The number of aliphatic hydroxyl groups excluding tert-OH is 1. The monoisotopic (exact) mass is 214 g/mol. The quantitative estimate of drug-likeness (QED) is 0.629. The molecule has 4 unspecified atom stereocenters. The highest BCUT2D eigenvalue weighted by Gasteiger charge is 2.29. The number of hydrogen-bond acceptors (Lipinski definition) is 3. The normalized spacial score (nSPS) is 29.9. The average Bonchev–Trinajstić information content (AvgIpc) is 2.49. The van der Waals surface area contributed by atoms with Crippen molar-refractivity contribution >= 4 is 5.91 Å². The van der Waals surface area contributed by atoms with Crippen molar-refractivity contribution in [3.05, 3.63) is 0 Å². The van der Waals surface area contributed by atoms with Gasteiger partial charge in [0.05, 0.1) is 12.0 Å². The van der Waals surface area contributed by atoms with Crippen LogP contribution in [0, 0.1) is 5.92 Å². The molecule has 88 valence electrons. The van der Waals surface area contributed by atoms with Crippen molar-refractivity contribution in [3.63, 3.8) is 0 Å². The second-order valence-electron chi connectivity index (χ2n) is 4.63. The van der Waals surface area contributed by atoms with E-state index in [-0.39, 0.29) is 30.0 Å². The Morgan fingerprint density at radius 1 is 1.60 bits per heavy atom. The van der Waals surface area contributed by atoms with E-state index >= 15 is 0 Å². The first-order valence-corrected chi connectivity index (χ1v) is 5.72. The summed E-state index contributed by atoms with van der Waals surface area (Å²) < 4.78 is 0. The highest BCUT2D eigenvalue weighted by Crippen LogP contribution is 2.15. The minimum atomic E-state index is -0.362. The Balaban J connectivity index is 2.34. The van der Waals surface area contributed by atoms with Gasteiger partial charge in [0.1, 0.15) is 0 Å². The van der Waals surface area contributed by atoms with Gasteiger partial charge in [-0.3, -0.25) is 4.79 Å². The molecule has 4 heteroatoms. The predicted octanol–water partition coefficient (Wildman–Crippen LogP) is 0.260. The maximum Gasteiger partial charge on any atom is 0.224 e. The smallest absolute Gasteiger partial charge is 0.224 e. The Labute approximate surface area is 91.4 Å². The molecule has 0 aromatic heterocycles. The molecule has 4 nitrogen and oxygen atoms in total. The Morgan fingerprint density at radius 3 is 2.73 bits per heavy atom. The van der Waals surface area contributed by atoms with Gasteiger partial charge in [0, 0.05) is 12.1 Å². The Morgan fingerprint density at radius 2 is 2.27 bits per heavy atom. The van der Waals surface area contributed by atoms with Crippen LogP contribution in [0.5, 0.6) is 0 Å². The van der Waals surface area contributed by atoms with Crippen LogP contribution in [0.2, 0.25) is 0 Å². The molecule has 1 fully saturated rings. The summed E-state index contributed by atoms with van der Waals surface area (Å²) in [7, 11) is 0. The highest BCUT2D eigenvalue weighted by molar-refractivity contribution is 5.79. The van der Waals surface area contributed by atoms with E-state index in [1.807, 2.05) is 13.8 Å². The van der Waals surface area contributed by atoms with Gasteiger partial charge in [-0.1, -0.05) is 0 Å². The zero-order valence-corrected chi connectivity index (χ0v) is 9.79. The number of amides is 1. The molecule has 1 aliphatic heterocycles. The third-order valence-corrected chi connectivity index (χ3v) is 2.95. The number of hydrogen-bond donors (Lipinski definition) is 3. The third-order valence-electron chi connectivity index (χ3n) is 2.95. The largest absolute Gasteiger partial charge is 0.393 e. The van der Waals surface area contributed by atoms with E-state index in [2.05, 4.69) is 10.6 Å². The Kier molecular flexibility index (Phi) is 4.54. The first-order valence-electron chi connectivity index (χ1n) is 5.72. The zero-order chi connectivity index (χ0) is 11.4. The summed E-state index contributed by atoms with van der Waals surface area (Å²) in [5, 5.41) is 15.4. The van der Waals surface area contributed by atoms with Crippen LogP contribution in [0.3, 0.4) is 0 Å². The maximum absolute atomic E-state index is 11.8. The fraction of sp³-hybridized carbons (Fsp3) is 0.909. The van der Waals surface area contributed by atoms with Gasteiger partial charge in [-0.25, -0.2) is 0 Å². The van der Waals surface area contributed by atoms with Crippen molar-refractivity contribution in [1.82, 2.24) is 10.6 Å². The summed E-state index contributed by atoms with van der Waals surface area (Å²) in [6.07, 6.45) is 1.16. The fourth-order valence-electron chi connectivity index (χ4n) is 2.14. The van der Waals surface area contributed by atoms with Crippen LogP contribution in [0.1, 0.15) is 33.6 Å². The number of carbonyl (C=O) groups is 1. The van der Waals surface area contributed by atoms with Gasteiger partial charge in [-0.2, -0.15) is 0 Å². The summed E-state index contributed by atoms with van der Waals surface area (Å²) in [6.45, 7) is 6.63. The topological polar surface area (TPSA) is 61.4 Å². The van der Waals surface area contributed by atoms with Crippen LogP contribution >= 0.6 is 0 Å². The van der Waals surface area contributed by atoms with Gasteiger partial charge < -0.3 is 15.7 Å². The molecule has 1 rings (SSSR count). The summed E-state index contributed by atoms with van der Waals surface area (Å²) in [6, 6.07) is 0.314. The minimum Gasteiger partial charge on any atom is -0.393 e. The second kappa shape index (κ2) is 5.47. The first-order chi connectivity index (χ1) is 7.00. The molecular weight excluding hydrogens is 192 g/mol. The maximum atomic E-state index is 11.8. The fourth-order valence-corrected chi connectivity index (χ4v) is 2.14. The van der Waals surface area contributed by atoms with Gasteiger partial charge in [0.15, 0.2) is 0 Å². The van der Waals surface area contributed by atoms with Crippen LogP contribution in [-0.4, -0.2) is 35.7 Å². The summed E-state index contributed by atoms with van der Waals surface area (Å²) in [5.41, 5.74) is 0. The molecular formula is C11H22N2O2. The molecule has 0 aromatic rings. The minimum absolute atomic E-state index is 0.0466. The van der Waals surface area contributed by atoms with Crippen LogP contribution in [0.15, 0.2) is 0 Å². The zero-order valence-electron chi connectivity index (χ0n) is 9.79. The number of rotatable bonds is 4. The lowest BCUT2D eigenvalue weighted by Gasteiger charge is -2.20. The van der Waals surface area contributed by atoms with E-state index in [1.54, 1.807) is 6.92 Å². The van der Waals surface area contributed by atoms with E-state index in [4.69, 9.17) is 0 Å². The summed E-state index contributed by atoms with van der Waals surface area (Å²) in [4.78, 5) is 11.8. The molecule has 0 spiro atoms. The van der Waals surface area contributed by atoms with Crippen LogP contribution in [-0.2, 0) is 4.79 Å². The molecule has 15 heavy (non-hydrogen) atoms. The lowest BCUT2D eigenvalue weighted by atomic mass is 10.0. The van der Waals surface area contributed by atoms with E-state index < -0.39 is 0 Å². The molecule has 3 N–H and O–H groups in total. The molecule has 0 bridgehead atoms. The second-order valence-corrected chi connectivity index (χ2v) is 4.63. The Hall–Kier alpha value is -0.610. The molecule has 1 amide bonds. The van der Waals surface area contributed by atoms with E-state index in [0.717, 1.165) is 13.0 Å². The van der Waals surface area contributed by atoms with Crippen molar-refractivity contribution in [2.24, 2.45) is 5.92 Å². The molecule has 1 saturated heterocycles. The lowest BCUT2D eigenvalue weighted by molar-refractivity contribution is -0.125. The van der Waals surface area contributed by atoms with Gasteiger partial charge >= 0.3 is 0 Å². The lowest BCUT2D eigenvalue weighted by Crippen LogP contribution is -2.41. The third kappa shape index (κ3) is 3.80. The van der Waals surface area contributed by atoms with Gasteiger partial charge in [0.2, 0.25) is 5.91 Å². The molecule has 1 aliphatic rings. The van der Waals surface area contributed by atoms with Crippen molar-refractivity contribution in [3.8, 4) is 0 Å². The predicted molar refractivity (Wildman–Crippen MR) is 59.5 cm³/mol. The van der Waals surface area contributed by atoms with Crippen LogP contribution in [0.25, 0.3) is 0 Å². The van der Waals surface area contributed by atoms with E-state index in [0.29, 0.717) is 6.42 Å². The number of aliphatic hydroxyl groups is 1. The number of nitrogens with one attached hydrogen (secondary N) is 2. The van der Waals surface area contributed by atoms with Gasteiger partial charge in [0.25, 0.3) is 0 Å². The molecule has 0 aliphatic carbocycles. The molecule has 0 saturated carbocycles. The van der Waals surface area contributed by atoms with Crippen LogP contribution < -0.4 is 10.6 Å². The highest BCUT2D eigenvalue weighted by atomic mass is 16.3. The van der Waals surface area contributed by atoms with E-state index in [1.165, 1.54) is 0 Å². The SMILES string of the molecule is CC(O)CC(C)NC(=O)C1CCNC1C. The van der Waals surface area contributed by atoms with Crippen molar-refractivity contribution in [1.29, 1.82) is 0 Å². The molecule has 1 heterocycles. The Bertz CT molecular complexity index is 219. The van der Waals surface area contributed by atoms with Gasteiger partial charge in [-0.15, -0.1) is 0 Å². The standard InChI is InChI=1S/C11H22N2O2/c1-7(6-8(2)14)13-11(15)10-4-5-12-9(10)3/h7-10,12,14H,4-6H2,1-3H3,(H,13,15). The molecule has 0 aromatic carbocycles. The van der Waals surface area contributed by atoms with E-state index in [9.17, 15) is 9.90 Å². The summed E-state index contributed by atoms with van der Waals surface area (Å²) >= 11 is 0.